The summed E-state index contributed by atoms with van der Waals surface area (Å²) in [6, 6.07) is 3.67. The Hall–Kier alpha value is -1.00. The maximum atomic E-state index is 12.9. The van der Waals surface area contributed by atoms with Crippen LogP contribution in [0.5, 0.6) is 0 Å². The second-order valence-electron chi connectivity index (χ2n) is 6.45. The molecule has 2 fully saturated rings. The SMILES string of the molecule is CC(CN(CC1CC1)C1CC1)C(O)c1ccc(F)cn1. The minimum Gasteiger partial charge on any atom is -0.386 e. The number of aromatic nitrogens is 1. The minimum atomic E-state index is -0.615. The molecule has 0 radical (unpaired) electrons. The predicted molar refractivity (Wildman–Crippen MR) is 75.6 cm³/mol. The number of rotatable bonds is 7. The molecule has 2 atom stereocenters. The normalized spacial score (nSPS) is 22.0. The van der Waals surface area contributed by atoms with Gasteiger partial charge in [0, 0.05) is 25.0 Å². The van der Waals surface area contributed by atoms with Gasteiger partial charge in [-0.05, 0) is 43.7 Å². The van der Waals surface area contributed by atoms with E-state index >= 15 is 0 Å². The quantitative estimate of drug-likeness (QED) is 0.833. The number of hydrogen-bond acceptors (Lipinski definition) is 3. The fourth-order valence-electron chi connectivity index (χ4n) is 2.77. The van der Waals surface area contributed by atoms with E-state index in [9.17, 15) is 9.50 Å². The second kappa shape index (κ2) is 5.78. The van der Waals surface area contributed by atoms with Gasteiger partial charge in [0.15, 0.2) is 0 Å². The van der Waals surface area contributed by atoms with Crippen LogP contribution >= 0.6 is 0 Å². The van der Waals surface area contributed by atoms with Gasteiger partial charge in [0.2, 0.25) is 0 Å². The third-order valence-corrected chi connectivity index (χ3v) is 4.37. The number of aliphatic hydroxyl groups is 1. The van der Waals surface area contributed by atoms with Crippen LogP contribution in [0.3, 0.4) is 0 Å². The second-order valence-corrected chi connectivity index (χ2v) is 6.45. The average molecular weight is 278 g/mol. The van der Waals surface area contributed by atoms with Gasteiger partial charge >= 0.3 is 0 Å². The van der Waals surface area contributed by atoms with E-state index in [0.29, 0.717) is 5.69 Å². The van der Waals surface area contributed by atoms with E-state index in [1.54, 1.807) is 6.07 Å². The zero-order valence-corrected chi connectivity index (χ0v) is 12.0. The van der Waals surface area contributed by atoms with Gasteiger partial charge in [0.25, 0.3) is 0 Å². The molecule has 0 amide bonds. The molecule has 0 aromatic carbocycles. The molecule has 110 valence electrons. The number of halogens is 1. The maximum absolute atomic E-state index is 12.9. The van der Waals surface area contributed by atoms with Crippen molar-refractivity contribution in [3.63, 3.8) is 0 Å². The van der Waals surface area contributed by atoms with Gasteiger partial charge in [-0.1, -0.05) is 6.92 Å². The Morgan fingerprint density at radius 2 is 2.10 bits per heavy atom. The fraction of sp³-hybridized carbons (Fsp3) is 0.688. The third kappa shape index (κ3) is 3.55. The van der Waals surface area contributed by atoms with Crippen LogP contribution in [0.2, 0.25) is 0 Å². The van der Waals surface area contributed by atoms with Crippen molar-refractivity contribution in [1.82, 2.24) is 9.88 Å². The molecule has 1 aromatic heterocycles. The van der Waals surface area contributed by atoms with Crippen LogP contribution in [0, 0.1) is 17.7 Å². The first-order chi connectivity index (χ1) is 9.63. The summed E-state index contributed by atoms with van der Waals surface area (Å²) in [5.41, 5.74) is 0.570. The van der Waals surface area contributed by atoms with Gasteiger partial charge in [-0.2, -0.15) is 0 Å². The van der Waals surface area contributed by atoms with Crippen LogP contribution in [0.4, 0.5) is 4.39 Å². The number of hydrogen-bond donors (Lipinski definition) is 1. The smallest absolute Gasteiger partial charge is 0.141 e. The molecule has 2 aliphatic rings. The molecule has 2 unspecified atom stereocenters. The Kier molecular flexibility index (Phi) is 4.03. The molecule has 1 aromatic rings. The van der Waals surface area contributed by atoms with Crippen molar-refractivity contribution >= 4 is 0 Å². The van der Waals surface area contributed by atoms with E-state index in [2.05, 4.69) is 16.8 Å². The molecule has 0 aliphatic heterocycles. The molecular weight excluding hydrogens is 255 g/mol. The molecule has 20 heavy (non-hydrogen) atoms. The highest BCUT2D eigenvalue weighted by Crippen LogP contribution is 2.36. The van der Waals surface area contributed by atoms with E-state index in [1.807, 2.05) is 0 Å². The third-order valence-electron chi connectivity index (χ3n) is 4.37. The summed E-state index contributed by atoms with van der Waals surface area (Å²) in [5.74, 6) is 0.637. The fourth-order valence-corrected chi connectivity index (χ4v) is 2.77. The average Bonchev–Trinajstić information content (AvgIpc) is 3.30. The van der Waals surface area contributed by atoms with Gasteiger partial charge in [0.1, 0.15) is 5.82 Å². The van der Waals surface area contributed by atoms with Crippen molar-refractivity contribution in [1.29, 1.82) is 0 Å². The largest absolute Gasteiger partial charge is 0.386 e. The summed E-state index contributed by atoms with van der Waals surface area (Å²) >= 11 is 0. The van der Waals surface area contributed by atoms with Crippen molar-refractivity contribution < 1.29 is 9.50 Å². The topological polar surface area (TPSA) is 36.4 Å². The summed E-state index contributed by atoms with van der Waals surface area (Å²) in [6.07, 6.45) is 5.87. The summed E-state index contributed by atoms with van der Waals surface area (Å²) < 4.78 is 12.9. The summed E-state index contributed by atoms with van der Waals surface area (Å²) in [5, 5.41) is 10.4. The first-order valence-electron chi connectivity index (χ1n) is 7.67. The van der Waals surface area contributed by atoms with Crippen molar-refractivity contribution in [3.8, 4) is 0 Å². The summed E-state index contributed by atoms with van der Waals surface area (Å²) in [4.78, 5) is 6.53. The zero-order valence-electron chi connectivity index (χ0n) is 12.0. The lowest BCUT2D eigenvalue weighted by molar-refractivity contribution is 0.0808. The van der Waals surface area contributed by atoms with Crippen molar-refractivity contribution in [3.05, 3.63) is 29.8 Å². The zero-order chi connectivity index (χ0) is 14.1. The number of aliphatic hydroxyl groups excluding tert-OH is 1. The molecule has 0 bridgehead atoms. The Morgan fingerprint density at radius 3 is 2.65 bits per heavy atom. The maximum Gasteiger partial charge on any atom is 0.141 e. The van der Waals surface area contributed by atoms with Crippen LogP contribution in [0.1, 0.15) is 44.4 Å². The molecule has 2 aliphatic carbocycles. The van der Waals surface area contributed by atoms with E-state index in [-0.39, 0.29) is 11.7 Å². The van der Waals surface area contributed by atoms with E-state index in [4.69, 9.17) is 0 Å². The Labute approximate surface area is 119 Å². The van der Waals surface area contributed by atoms with Crippen LogP contribution in [-0.4, -0.2) is 34.1 Å². The molecule has 1 N–H and O–H groups in total. The Balaban J connectivity index is 1.58. The molecule has 0 saturated heterocycles. The lowest BCUT2D eigenvalue weighted by atomic mass is 10.0. The van der Waals surface area contributed by atoms with Gasteiger partial charge in [0.05, 0.1) is 18.0 Å². The predicted octanol–water partition coefficient (Wildman–Crippen LogP) is 2.76. The van der Waals surface area contributed by atoms with Crippen molar-refractivity contribution in [2.24, 2.45) is 11.8 Å². The van der Waals surface area contributed by atoms with Gasteiger partial charge < -0.3 is 5.11 Å². The van der Waals surface area contributed by atoms with Crippen LogP contribution in [0.25, 0.3) is 0 Å². The number of nitrogens with zero attached hydrogens (tertiary/aromatic N) is 2. The highest BCUT2D eigenvalue weighted by atomic mass is 19.1. The van der Waals surface area contributed by atoms with E-state index in [1.165, 1.54) is 44.5 Å². The van der Waals surface area contributed by atoms with Crippen molar-refractivity contribution in [2.45, 2.75) is 44.8 Å². The molecular formula is C16H23FN2O. The van der Waals surface area contributed by atoms with Crippen LogP contribution in [0.15, 0.2) is 18.3 Å². The first-order valence-corrected chi connectivity index (χ1v) is 7.67. The van der Waals surface area contributed by atoms with Crippen molar-refractivity contribution in [2.75, 3.05) is 13.1 Å². The molecule has 4 heteroatoms. The first kappa shape index (κ1) is 14.0. The van der Waals surface area contributed by atoms with Gasteiger partial charge in [-0.15, -0.1) is 0 Å². The lowest BCUT2D eigenvalue weighted by Crippen LogP contribution is -2.34. The molecule has 2 saturated carbocycles. The Bertz CT molecular complexity index is 442. The number of pyridine rings is 1. The molecule has 3 rings (SSSR count). The monoisotopic (exact) mass is 278 g/mol. The highest BCUT2D eigenvalue weighted by Gasteiger charge is 2.35. The Morgan fingerprint density at radius 1 is 1.35 bits per heavy atom. The summed E-state index contributed by atoms with van der Waals surface area (Å²) in [7, 11) is 0. The standard InChI is InChI=1S/C16H23FN2O/c1-11(16(20)15-7-4-13(17)8-18-15)9-19(14-5-6-14)10-12-2-3-12/h4,7-8,11-12,14,16,20H,2-3,5-6,9-10H2,1H3. The van der Waals surface area contributed by atoms with E-state index < -0.39 is 6.10 Å². The molecule has 1 heterocycles. The van der Waals surface area contributed by atoms with Crippen LogP contribution in [-0.2, 0) is 0 Å². The lowest BCUT2D eigenvalue weighted by Gasteiger charge is -2.28. The van der Waals surface area contributed by atoms with Crippen LogP contribution < -0.4 is 0 Å². The summed E-state index contributed by atoms with van der Waals surface area (Å²) in [6.45, 7) is 4.14. The van der Waals surface area contributed by atoms with Gasteiger partial charge in [-0.25, -0.2) is 4.39 Å². The molecule has 0 spiro atoms. The van der Waals surface area contributed by atoms with Gasteiger partial charge in [-0.3, -0.25) is 9.88 Å². The highest BCUT2D eigenvalue weighted by molar-refractivity contribution is 5.09. The minimum absolute atomic E-state index is 0.118. The van der Waals surface area contributed by atoms with E-state index in [0.717, 1.165) is 18.5 Å². The molecule has 3 nitrogen and oxygen atoms in total.